The first kappa shape index (κ1) is 12.8. The number of aromatic hydroxyl groups is 1. The normalized spacial score (nSPS) is 11.1. The number of rotatable bonds is 3. The standard InChI is InChI=1S/C18H19NO/c1-3-12-19-17-7-5-4-6-16(17)13(2)18(19)14-8-10-15(20)11-9-14/h4-11,20H,3,12H2,1-2H3. The Morgan fingerprint density at radius 2 is 1.70 bits per heavy atom. The molecule has 3 rings (SSSR count). The zero-order valence-corrected chi connectivity index (χ0v) is 11.9. The molecule has 3 aromatic rings. The van der Waals surface area contributed by atoms with Crippen LogP contribution >= 0.6 is 0 Å². The molecule has 0 radical (unpaired) electrons. The zero-order chi connectivity index (χ0) is 14.1. The SMILES string of the molecule is CCCn1c(-c2ccc(O)cc2)c(C)c2ccccc21. The Morgan fingerprint density at radius 3 is 2.40 bits per heavy atom. The van der Waals surface area contributed by atoms with Crippen LogP contribution in [0.3, 0.4) is 0 Å². The average molecular weight is 265 g/mol. The molecule has 0 atom stereocenters. The summed E-state index contributed by atoms with van der Waals surface area (Å²) in [7, 11) is 0. The molecular formula is C18H19NO. The highest BCUT2D eigenvalue weighted by Crippen LogP contribution is 2.34. The van der Waals surface area contributed by atoms with E-state index in [9.17, 15) is 5.11 Å². The van der Waals surface area contributed by atoms with Crippen LogP contribution in [0.5, 0.6) is 5.75 Å². The fraction of sp³-hybridized carbons (Fsp3) is 0.222. The molecule has 0 amide bonds. The number of hydrogen-bond donors (Lipinski definition) is 1. The van der Waals surface area contributed by atoms with E-state index in [0.717, 1.165) is 18.5 Å². The molecular weight excluding hydrogens is 246 g/mol. The third kappa shape index (κ3) is 1.97. The number of aromatic nitrogens is 1. The molecule has 1 N–H and O–H groups in total. The first-order chi connectivity index (χ1) is 9.72. The van der Waals surface area contributed by atoms with Crippen LogP contribution in [0.25, 0.3) is 22.2 Å². The van der Waals surface area contributed by atoms with Crippen molar-refractivity contribution in [3.05, 3.63) is 54.1 Å². The second-order valence-electron chi connectivity index (χ2n) is 5.19. The molecule has 0 aliphatic heterocycles. The van der Waals surface area contributed by atoms with Crippen molar-refractivity contribution >= 4 is 10.9 Å². The topological polar surface area (TPSA) is 25.2 Å². The van der Waals surface area contributed by atoms with Crippen molar-refractivity contribution in [3.63, 3.8) is 0 Å². The lowest BCUT2D eigenvalue weighted by molar-refractivity contribution is 0.475. The lowest BCUT2D eigenvalue weighted by atomic mass is 10.1. The molecule has 1 aromatic heterocycles. The molecule has 2 nitrogen and oxygen atoms in total. The summed E-state index contributed by atoms with van der Waals surface area (Å²) in [6.07, 6.45) is 1.10. The van der Waals surface area contributed by atoms with Crippen molar-refractivity contribution in [1.82, 2.24) is 4.57 Å². The number of fused-ring (bicyclic) bond motifs is 1. The molecule has 2 aromatic carbocycles. The maximum Gasteiger partial charge on any atom is 0.115 e. The van der Waals surface area contributed by atoms with Crippen LogP contribution in [0.1, 0.15) is 18.9 Å². The minimum atomic E-state index is 0.310. The Bertz CT molecular complexity index is 738. The van der Waals surface area contributed by atoms with Gasteiger partial charge in [0.15, 0.2) is 0 Å². The summed E-state index contributed by atoms with van der Waals surface area (Å²) >= 11 is 0. The lowest BCUT2D eigenvalue weighted by Gasteiger charge is -2.11. The van der Waals surface area contributed by atoms with Gasteiger partial charge >= 0.3 is 0 Å². The number of aryl methyl sites for hydroxylation is 2. The fourth-order valence-corrected chi connectivity index (χ4v) is 2.92. The molecule has 102 valence electrons. The van der Waals surface area contributed by atoms with E-state index in [4.69, 9.17) is 0 Å². The van der Waals surface area contributed by atoms with Gasteiger partial charge in [0.1, 0.15) is 5.75 Å². The van der Waals surface area contributed by atoms with E-state index in [2.05, 4.69) is 42.7 Å². The predicted octanol–water partition coefficient (Wildman–Crippen LogP) is 4.73. The van der Waals surface area contributed by atoms with Crippen molar-refractivity contribution in [2.75, 3.05) is 0 Å². The smallest absolute Gasteiger partial charge is 0.115 e. The number of para-hydroxylation sites is 1. The fourth-order valence-electron chi connectivity index (χ4n) is 2.92. The van der Waals surface area contributed by atoms with Gasteiger partial charge in [0.25, 0.3) is 0 Å². The van der Waals surface area contributed by atoms with E-state index >= 15 is 0 Å². The number of nitrogens with zero attached hydrogens (tertiary/aromatic N) is 1. The Labute approximate surface area is 119 Å². The number of benzene rings is 2. The van der Waals surface area contributed by atoms with Gasteiger partial charge in [0.05, 0.1) is 5.69 Å². The minimum absolute atomic E-state index is 0.310. The van der Waals surface area contributed by atoms with Gasteiger partial charge in [-0.1, -0.05) is 25.1 Å². The molecule has 1 heterocycles. The molecule has 0 saturated heterocycles. The first-order valence-corrected chi connectivity index (χ1v) is 7.09. The van der Waals surface area contributed by atoms with Gasteiger partial charge < -0.3 is 9.67 Å². The van der Waals surface area contributed by atoms with Crippen LogP contribution in [-0.2, 0) is 6.54 Å². The monoisotopic (exact) mass is 265 g/mol. The first-order valence-electron chi connectivity index (χ1n) is 7.09. The van der Waals surface area contributed by atoms with Gasteiger partial charge in [-0.3, -0.25) is 0 Å². The van der Waals surface area contributed by atoms with Gasteiger partial charge in [-0.05, 0) is 54.8 Å². The highest BCUT2D eigenvalue weighted by atomic mass is 16.3. The molecule has 0 saturated carbocycles. The number of phenols is 1. The van der Waals surface area contributed by atoms with E-state index < -0.39 is 0 Å². The van der Waals surface area contributed by atoms with E-state index in [-0.39, 0.29) is 0 Å². The summed E-state index contributed by atoms with van der Waals surface area (Å²) in [5, 5.41) is 10.8. The Balaban J connectivity index is 2.30. The highest BCUT2D eigenvalue weighted by molar-refractivity contribution is 5.91. The van der Waals surface area contributed by atoms with Gasteiger partial charge in [0, 0.05) is 17.4 Å². The second-order valence-corrected chi connectivity index (χ2v) is 5.19. The Morgan fingerprint density at radius 1 is 1.00 bits per heavy atom. The second kappa shape index (κ2) is 5.04. The maximum atomic E-state index is 9.48. The maximum absolute atomic E-state index is 9.48. The third-order valence-corrected chi connectivity index (χ3v) is 3.81. The van der Waals surface area contributed by atoms with Crippen LogP contribution in [0.4, 0.5) is 0 Å². The molecule has 2 heteroatoms. The van der Waals surface area contributed by atoms with Gasteiger partial charge in [0.2, 0.25) is 0 Å². The predicted molar refractivity (Wildman–Crippen MR) is 84.1 cm³/mol. The summed E-state index contributed by atoms with van der Waals surface area (Å²) in [5.74, 6) is 0.310. The van der Waals surface area contributed by atoms with Crippen molar-refractivity contribution < 1.29 is 5.11 Å². The van der Waals surface area contributed by atoms with Crippen LogP contribution in [0.2, 0.25) is 0 Å². The summed E-state index contributed by atoms with van der Waals surface area (Å²) < 4.78 is 2.39. The van der Waals surface area contributed by atoms with E-state index in [1.807, 2.05) is 12.1 Å². The highest BCUT2D eigenvalue weighted by Gasteiger charge is 2.14. The number of hydrogen-bond acceptors (Lipinski definition) is 1. The molecule has 0 fully saturated rings. The van der Waals surface area contributed by atoms with Crippen molar-refractivity contribution in [2.24, 2.45) is 0 Å². The number of phenolic OH excluding ortho intramolecular Hbond substituents is 1. The van der Waals surface area contributed by atoms with Crippen LogP contribution < -0.4 is 0 Å². The van der Waals surface area contributed by atoms with E-state index in [1.165, 1.54) is 22.2 Å². The van der Waals surface area contributed by atoms with Crippen LogP contribution in [0, 0.1) is 6.92 Å². The summed E-state index contributed by atoms with van der Waals surface area (Å²) in [5.41, 5.74) is 5.01. The van der Waals surface area contributed by atoms with Crippen LogP contribution in [-0.4, -0.2) is 9.67 Å². The third-order valence-electron chi connectivity index (χ3n) is 3.81. The largest absolute Gasteiger partial charge is 0.508 e. The molecule has 0 unspecified atom stereocenters. The van der Waals surface area contributed by atoms with Gasteiger partial charge in [-0.2, -0.15) is 0 Å². The van der Waals surface area contributed by atoms with Crippen molar-refractivity contribution in [3.8, 4) is 17.0 Å². The van der Waals surface area contributed by atoms with Crippen molar-refractivity contribution in [1.29, 1.82) is 0 Å². The van der Waals surface area contributed by atoms with Gasteiger partial charge in [-0.25, -0.2) is 0 Å². The van der Waals surface area contributed by atoms with Crippen molar-refractivity contribution in [2.45, 2.75) is 26.8 Å². The Hall–Kier alpha value is -2.22. The quantitative estimate of drug-likeness (QED) is 0.727. The summed E-state index contributed by atoms with van der Waals surface area (Å²) in [6.45, 7) is 5.38. The molecule has 0 aliphatic carbocycles. The van der Waals surface area contributed by atoms with E-state index in [0.29, 0.717) is 5.75 Å². The molecule has 0 aliphatic rings. The summed E-state index contributed by atoms with van der Waals surface area (Å²) in [4.78, 5) is 0. The molecule has 0 spiro atoms. The molecule has 20 heavy (non-hydrogen) atoms. The van der Waals surface area contributed by atoms with E-state index in [1.54, 1.807) is 12.1 Å². The summed E-state index contributed by atoms with van der Waals surface area (Å²) in [6, 6.07) is 16.0. The Kier molecular flexibility index (Phi) is 3.23. The minimum Gasteiger partial charge on any atom is -0.508 e. The van der Waals surface area contributed by atoms with Gasteiger partial charge in [-0.15, -0.1) is 0 Å². The molecule has 0 bridgehead atoms. The average Bonchev–Trinajstić information content (AvgIpc) is 2.74. The zero-order valence-electron chi connectivity index (χ0n) is 11.9. The van der Waals surface area contributed by atoms with Crippen LogP contribution in [0.15, 0.2) is 48.5 Å². The lowest BCUT2D eigenvalue weighted by Crippen LogP contribution is -1.99.